The Hall–Kier alpha value is -3.64. The Labute approximate surface area is 184 Å². The van der Waals surface area contributed by atoms with Crippen molar-refractivity contribution >= 4 is 51.1 Å². The van der Waals surface area contributed by atoms with Crippen LogP contribution in [0.15, 0.2) is 41.6 Å². The molecular formula is C19H18N6O4S2. The van der Waals surface area contributed by atoms with Crippen molar-refractivity contribution in [3.8, 4) is 16.3 Å². The molecule has 0 aromatic carbocycles. The van der Waals surface area contributed by atoms with E-state index in [4.69, 9.17) is 20.4 Å². The summed E-state index contributed by atoms with van der Waals surface area (Å²) in [7, 11) is 0. The van der Waals surface area contributed by atoms with E-state index >= 15 is 0 Å². The summed E-state index contributed by atoms with van der Waals surface area (Å²) in [6, 6.07) is 3.23. The largest absolute Gasteiger partial charge is 0.492 e. The Balaban J connectivity index is 0.000000858. The van der Waals surface area contributed by atoms with E-state index in [1.165, 1.54) is 6.20 Å². The van der Waals surface area contributed by atoms with Gasteiger partial charge in [0, 0.05) is 29.1 Å². The number of carbonyl (C=O) groups is 2. The van der Waals surface area contributed by atoms with Crippen LogP contribution >= 0.6 is 22.7 Å². The van der Waals surface area contributed by atoms with Crippen molar-refractivity contribution in [3.05, 3.63) is 47.3 Å². The fourth-order valence-corrected chi connectivity index (χ4v) is 4.23. The first-order valence-electron chi connectivity index (χ1n) is 8.96. The predicted molar refractivity (Wildman–Crippen MR) is 119 cm³/mol. The zero-order chi connectivity index (χ0) is 22.1. The molecule has 4 aromatic heterocycles. The number of primary amides is 1. The highest BCUT2D eigenvalue weighted by Gasteiger charge is 2.14. The minimum absolute atomic E-state index is 0.216. The average Bonchev–Trinajstić information content (AvgIpc) is 3.44. The normalized spacial score (nSPS) is 10.2. The van der Waals surface area contributed by atoms with E-state index in [2.05, 4.69) is 30.6 Å². The second-order valence-electron chi connectivity index (χ2n) is 5.87. The number of thiophene rings is 1. The Morgan fingerprint density at radius 1 is 1.23 bits per heavy atom. The molecule has 0 saturated heterocycles. The Kier molecular flexibility index (Phi) is 7.79. The number of thiazole rings is 1. The molecule has 0 saturated carbocycles. The highest BCUT2D eigenvalue weighted by Crippen LogP contribution is 2.37. The molecule has 0 radical (unpaired) electrons. The third-order valence-corrected chi connectivity index (χ3v) is 5.60. The summed E-state index contributed by atoms with van der Waals surface area (Å²) in [5.41, 5.74) is 6.44. The monoisotopic (exact) mass is 458 g/mol. The maximum absolute atomic E-state index is 11.0. The molecule has 31 heavy (non-hydrogen) atoms. The second kappa shape index (κ2) is 10.9. The summed E-state index contributed by atoms with van der Waals surface area (Å²) in [6.45, 7) is 0.938. The Bertz CT molecular complexity index is 1130. The van der Waals surface area contributed by atoms with Crippen LogP contribution in [0.1, 0.15) is 16.9 Å². The minimum atomic E-state index is -0.558. The van der Waals surface area contributed by atoms with E-state index in [-0.39, 0.29) is 12.2 Å². The van der Waals surface area contributed by atoms with Gasteiger partial charge in [-0.1, -0.05) is 0 Å². The molecule has 0 fully saturated rings. The van der Waals surface area contributed by atoms with Gasteiger partial charge >= 0.3 is 0 Å². The molecule has 0 aliphatic rings. The molecule has 160 valence electrons. The molecule has 12 heteroatoms. The molecule has 4 N–H and O–H groups in total. The zero-order valence-corrected chi connectivity index (χ0v) is 17.7. The van der Waals surface area contributed by atoms with Gasteiger partial charge in [0.1, 0.15) is 33.4 Å². The zero-order valence-electron chi connectivity index (χ0n) is 16.1. The van der Waals surface area contributed by atoms with Crippen LogP contribution in [0, 0.1) is 0 Å². The number of fused-ring (bicyclic) bond motifs is 1. The number of nitrogens with two attached hydrogens (primary N) is 1. The SMILES string of the molecule is NC(=O)c1ccc(OCCCNc2ncnc3scc(-c4nccs4)c23)cn1.O=CO. The number of pyridine rings is 1. The van der Waals surface area contributed by atoms with Gasteiger partial charge in [0.25, 0.3) is 12.4 Å². The van der Waals surface area contributed by atoms with Crippen LogP contribution in [0.5, 0.6) is 5.75 Å². The van der Waals surface area contributed by atoms with Gasteiger partial charge in [-0.25, -0.2) is 19.9 Å². The van der Waals surface area contributed by atoms with Crippen molar-refractivity contribution in [3.63, 3.8) is 0 Å². The fraction of sp³-hybridized carbons (Fsp3) is 0.158. The molecule has 0 atom stereocenters. The lowest BCUT2D eigenvalue weighted by Gasteiger charge is -2.09. The summed E-state index contributed by atoms with van der Waals surface area (Å²) in [5, 5.41) is 16.2. The first-order valence-corrected chi connectivity index (χ1v) is 10.7. The van der Waals surface area contributed by atoms with Gasteiger partial charge in [-0.3, -0.25) is 9.59 Å². The van der Waals surface area contributed by atoms with Crippen molar-refractivity contribution in [2.45, 2.75) is 6.42 Å². The number of hydrogen-bond donors (Lipinski definition) is 3. The van der Waals surface area contributed by atoms with Crippen molar-refractivity contribution in [2.75, 3.05) is 18.5 Å². The van der Waals surface area contributed by atoms with Gasteiger partial charge in [-0.15, -0.1) is 22.7 Å². The van der Waals surface area contributed by atoms with E-state index in [0.717, 1.165) is 33.0 Å². The average molecular weight is 459 g/mol. The predicted octanol–water partition coefficient (Wildman–Crippen LogP) is 2.89. The second-order valence-corrected chi connectivity index (χ2v) is 7.62. The molecule has 10 nitrogen and oxygen atoms in total. The highest BCUT2D eigenvalue weighted by atomic mass is 32.1. The summed E-state index contributed by atoms with van der Waals surface area (Å²) < 4.78 is 5.64. The van der Waals surface area contributed by atoms with E-state index in [9.17, 15) is 4.79 Å². The number of ether oxygens (including phenoxy) is 1. The van der Waals surface area contributed by atoms with Crippen molar-refractivity contribution < 1.29 is 19.4 Å². The minimum Gasteiger partial charge on any atom is -0.492 e. The quantitative estimate of drug-likeness (QED) is 0.267. The number of nitrogens with zero attached hydrogens (tertiary/aromatic N) is 4. The van der Waals surface area contributed by atoms with E-state index in [0.29, 0.717) is 18.9 Å². The number of anilines is 1. The summed E-state index contributed by atoms with van der Waals surface area (Å²) >= 11 is 3.18. The fourth-order valence-electron chi connectivity index (χ4n) is 2.60. The maximum Gasteiger partial charge on any atom is 0.290 e. The topological polar surface area (TPSA) is 153 Å². The van der Waals surface area contributed by atoms with Gasteiger partial charge in [0.15, 0.2) is 0 Å². The molecule has 0 spiro atoms. The molecular weight excluding hydrogens is 440 g/mol. The Morgan fingerprint density at radius 3 is 2.74 bits per heavy atom. The molecule has 4 heterocycles. The van der Waals surface area contributed by atoms with Crippen LogP contribution in [0.2, 0.25) is 0 Å². The van der Waals surface area contributed by atoms with Crippen LogP contribution < -0.4 is 15.8 Å². The number of carboxylic acid groups (broad SMARTS) is 1. The van der Waals surface area contributed by atoms with Gasteiger partial charge < -0.3 is 20.9 Å². The maximum atomic E-state index is 11.0. The number of rotatable bonds is 8. The molecule has 1 amide bonds. The Morgan fingerprint density at radius 2 is 2.06 bits per heavy atom. The molecule has 0 aliphatic heterocycles. The van der Waals surface area contributed by atoms with Gasteiger partial charge in [-0.05, 0) is 18.6 Å². The summed E-state index contributed by atoms with van der Waals surface area (Å²) in [5.74, 6) is 0.833. The number of amides is 1. The lowest BCUT2D eigenvalue weighted by atomic mass is 10.2. The third kappa shape index (κ3) is 5.71. The van der Waals surface area contributed by atoms with Gasteiger partial charge in [-0.2, -0.15) is 0 Å². The van der Waals surface area contributed by atoms with Gasteiger partial charge in [0.05, 0.1) is 18.2 Å². The summed E-state index contributed by atoms with van der Waals surface area (Å²) in [6.07, 6.45) is 5.62. The molecule has 4 aromatic rings. The van der Waals surface area contributed by atoms with Crippen LogP contribution in [0.4, 0.5) is 5.82 Å². The smallest absolute Gasteiger partial charge is 0.290 e. The molecule has 0 aliphatic carbocycles. The van der Waals surface area contributed by atoms with Crippen LogP contribution in [0.3, 0.4) is 0 Å². The van der Waals surface area contributed by atoms with Crippen LogP contribution in [-0.4, -0.2) is 50.6 Å². The number of aromatic nitrogens is 4. The van der Waals surface area contributed by atoms with Gasteiger partial charge in [0.2, 0.25) is 0 Å². The van der Waals surface area contributed by atoms with Crippen molar-refractivity contribution in [1.29, 1.82) is 0 Å². The first kappa shape index (κ1) is 22.1. The first-order chi connectivity index (χ1) is 15.1. The lowest BCUT2D eigenvalue weighted by Crippen LogP contribution is -2.13. The van der Waals surface area contributed by atoms with E-state index in [1.807, 2.05) is 5.38 Å². The molecule has 4 rings (SSSR count). The number of hydrogen-bond acceptors (Lipinski definition) is 10. The molecule has 0 unspecified atom stereocenters. The van der Waals surface area contributed by atoms with Crippen LogP contribution in [0.25, 0.3) is 20.8 Å². The van der Waals surface area contributed by atoms with Crippen molar-refractivity contribution in [2.24, 2.45) is 5.73 Å². The van der Waals surface area contributed by atoms with E-state index < -0.39 is 5.91 Å². The number of nitrogens with one attached hydrogen (secondary N) is 1. The standard InChI is InChI=1S/C18H16N6O2S2.CH2O2/c19-15(25)13-3-2-11(8-22-13)26-6-1-4-20-16-14-12(17-21-5-7-27-17)9-28-18(14)24-10-23-16;2-1-3/h2-3,5,7-10H,1,4,6H2,(H2,19,25)(H,20,23,24);1H,(H,2,3). The highest BCUT2D eigenvalue weighted by molar-refractivity contribution is 7.18. The third-order valence-electron chi connectivity index (χ3n) is 3.90. The number of carbonyl (C=O) groups excluding carboxylic acids is 1. The van der Waals surface area contributed by atoms with Crippen LogP contribution in [-0.2, 0) is 4.79 Å². The van der Waals surface area contributed by atoms with Crippen molar-refractivity contribution in [1.82, 2.24) is 19.9 Å². The van der Waals surface area contributed by atoms with E-state index in [1.54, 1.807) is 47.3 Å². The lowest BCUT2D eigenvalue weighted by molar-refractivity contribution is -0.122. The molecule has 0 bridgehead atoms. The summed E-state index contributed by atoms with van der Waals surface area (Å²) in [4.78, 5) is 37.4.